The summed E-state index contributed by atoms with van der Waals surface area (Å²) in [6, 6.07) is 7.55. The number of allylic oxidation sites excluding steroid dienone is 1. The molecule has 114 valence electrons. The zero-order valence-corrected chi connectivity index (χ0v) is 14.0. The first-order valence-corrected chi connectivity index (χ1v) is 7.84. The molecular formula is C17H16BrNO3. The van der Waals surface area contributed by atoms with Gasteiger partial charge in [0.25, 0.3) is 0 Å². The third-order valence-electron chi connectivity index (χ3n) is 3.57. The molecule has 0 fully saturated rings. The fourth-order valence-corrected chi connectivity index (χ4v) is 3.24. The first-order chi connectivity index (χ1) is 10.6. The molecule has 22 heavy (non-hydrogen) atoms. The first kappa shape index (κ1) is 14.9. The molecule has 4 nitrogen and oxygen atoms in total. The second-order valence-corrected chi connectivity index (χ2v) is 5.84. The van der Waals surface area contributed by atoms with Gasteiger partial charge in [0.2, 0.25) is 5.78 Å². The summed E-state index contributed by atoms with van der Waals surface area (Å²) in [5.74, 6) is 1.40. The highest BCUT2D eigenvalue weighted by Crippen LogP contribution is 2.37. The van der Waals surface area contributed by atoms with Crippen LogP contribution in [0.5, 0.6) is 11.5 Å². The van der Waals surface area contributed by atoms with Gasteiger partial charge in [-0.15, -0.1) is 0 Å². The molecule has 3 rings (SSSR count). The van der Waals surface area contributed by atoms with E-state index < -0.39 is 0 Å². The van der Waals surface area contributed by atoms with Crippen LogP contribution in [0.1, 0.15) is 23.0 Å². The summed E-state index contributed by atoms with van der Waals surface area (Å²) in [6.07, 6.45) is 3.83. The van der Waals surface area contributed by atoms with E-state index in [1.54, 1.807) is 7.11 Å². The van der Waals surface area contributed by atoms with Gasteiger partial charge >= 0.3 is 0 Å². The number of carbonyl (C=O) groups excluding carboxylic acids is 1. The second kappa shape index (κ2) is 6.01. The summed E-state index contributed by atoms with van der Waals surface area (Å²) in [7, 11) is 1.61. The van der Waals surface area contributed by atoms with Crippen LogP contribution in [-0.2, 0) is 6.54 Å². The maximum atomic E-state index is 12.3. The molecular weight excluding hydrogens is 346 g/mol. The molecule has 1 aliphatic heterocycles. The highest BCUT2D eigenvalue weighted by Gasteiger charge is 2.24. The third kappa shape index (κ3) is 2.57. The lowest BCUT2D eigenvalue weighted by Gasteiger charge is -2.12. The van der Waals surface area contributed by atoms with Crippen molar-refractivity contribution in [1.82, 2.24) is 4.57 Å². The third-order valence-corrected chi connectivity index (χ3v) is 4.16. The van der Waals surface area contributed by atoms with Crippen LogP contribution < -0.4 is 9.47 Å². The van der Waals surface area contributed by atoms with Crippen LogP contribution in [0.15, 0.2) is 40.5 Å². The van der Waals surface area contributed by atoms with Crippen LogP contribution in [0.4, 0.5) is 0 Å². The Bertz CT molecular complexity index is 761. The molecule has 0 amide bonds. The fraction of sp³-hybridized carbons (Fsp3) is 0.235. The van der Waals surface area contributed by atoms with E-state index in [1.165, 1.54) is 0 Å². The van der Waals surface area contributed by atoms with Gasteiger partial charge in [0.15, 0.2) is 11.5 Å². The lowest BCUT2D eigenvalue weighted by Crippen LogP contribution is -1.98. The molecule has 0 atom stereocenters. The summed E-state index contributed by atoms with van der Waals surface area (Å²) in [4.78, 5) is 12.3. The van der Waals surface area contributed by atoms with E-state index in [-0.39, 0.29) is 5.78 Å². The van der Waals surface area contributed by atoms with E-state index in [4.69, 9.17) is 9.47 Å². The van der Waals surface area contributed by atoms with Crippen LogP contribution in [0.3, 0.4) is 0 Å². The number of nitrogens with zero attached hydrogens (tertiary/aromatic N) is 1. The zero-order chi connectivity index (χ0) is 15.7. The summed E-state index contributed by atoms with van der Waals surface area (Å²) in [6.45, 7) is 3.08. The maximum Gasteiger partial charge on any atom is 0.207 e. The number of halogens is 1. The van der Waals surface area contributed by atoms with Gasteiger partial charge in [-0.2, -0.15) is 0 Å². The Labute approximate surface area is 137 Å². The number of Topliss-reactive ketones (excluding diaryl/α,β-unsaturated/α-hetero) is 1. The van der Waals surface area contributed by atoms with Crippen LogP contribution in [0.25, 0.3) is 6.08 Å². The van der Waals surface area contributed by atoms with E-state index in [2.05, 4.69) is 15.9 Å². The number of ether oxygens (including phenoxy) is 2. The van der Waals surface area contributed by atoms with Crippen molar-refractivity contribution in [3.63, 3.8) is 0 Å². The van der Waals surface area contributed by atoms with Crippen LogP contribution in [0, 0.1) is 0 Å². The van der Waals surface area contributed by atoms with Crippen molar-refractivity contribution in [3.05, 3.63) is 51.8 Å². The fourth-order valence-electron chi connectivity index (χ4n) is 2.62. The summed E-state index contributed by atoms with van der Waals surface area (Å²) >= 11 is 3.49. The van der Waals surface area contributed by atoms with Crippen molar-refractivity contribution in [1.29, 1.82) is 0 Å². The number of fused-ring (bicyclic) bond motifs is 1. The summed E-state index contributed by atoms with van der Waals surface area (Å²) < 4.78 is 13.7. The monoisotopic (exact) mass is 361 g/mol. The Hall–Kier alpha value is -2.01. The van der Waals surface area contributed by atoms with Gasteiger partial charge in [-0.25, -0.2) is 0 Å². The smallest absolute Gasteiger partial charge is 0.207 e. The second-order valence-electron chi connectivity index (χ2n) is 4.99. The van der Waals surface area contributed by atoms with Crippen molar-refractivity contribution in [2.75, 3.05) is 13.7 Å². The molecule has 0 unspecified atom stereocenters. The minimum Gasteiger partial charge on any atom is -0.492 e. The highest BCUT2D eigenvalue weighted by atomic mass is 79.9. The average Bonchev–Trinajstić information content (AvgIpc) is 3.04. The molecule has 0 saturated carbocycles. The van der Waals surface area contributed by atoms with Crippen molar-refractivity contribution in [2.24, 2.45) is 0 Å². The number of hydrogen-bond acceptors (Lipinski definition) is 3. The van der Waals surface area contributed by atoms with E-state index in [9.17, 15) is 4.79 Å². The van der Waals surface area contributed by atoms with Crippen LogP contribution in [0.2, 0.25) is 0 Å². The molecule has 2 heterocycles. The van der Waals surface area contributed by atoms with Gasteiger partial charge in [-0.1, -0.05) is 0 Å². The number of benzene rings is 1. The minimum atomic E-state index is 0.0786. The van der Waals surface area contributed by atoms with E-state index in [0.29, 0.717) is 24.7 Å². The Morgan fingerprint density at radius 3 is 2.91 bits per heavy atom. The SMILES string of the molecule is CCOc1cc(/C=C2/Cn3cccc3C2=O)cc(Br)c1OC. The molecule has 1 aromatic heterocycles. The topological polar surface area (TPSA) is 40.5 Å². The predicted octanol–water partition coefficient (Wildman–Crippen LogP) is 3.94. The number of methoxy groups -OCH3 is 1. The Balaban J connectivity index is 1.98. The van der Waals surface area contributed by atoms with Crippen molar-refractivity contribution in [2.45, 2.75) is 13.5 Å². The largest absolute Gasteiger partial charge is 0.492 e. The first-order valence-electron chi connectivity index (χ1n) is 7.04. The molecule has 0 radical (unpaired) electrons. The summed E-state index contributed by atoms with van der Waals surface area (Å²) in [5, 5.41) is 0. The summed E-state index contributed by atoms with van der Waals surface area (Å²) in [5.41, 5.74) is 2.42. The van der Waals surface area contributed by atoms with Crippen LogP contribution in [-0.4, -0.2) is 24.1 Å². The Morgan fingerprint density at radius 1 is 1.41 bits per heavy atom. The molecule has 0 bridgehead atoms. The number of aromatic nitrogens is 1. The van der Waals surface area contributed by atoms with Gasteiger partial charge in [-0.3, -0.25) is 4.79 Å². The Kier molecular flexibility index (Phi) is 4.07. The molecule has 0 aliphatic carbocycles. The van der Waals surface area contributed by atoms with Gasteiger partial charge in [-0.05, 0) is 58.8 Å². The zero-order valence-electron chi connectivity index (χ0n) is 12.4. The van der Waals surface area contributed by atoms with Gasteiger partial charge in [0.1, 0.15) is 0 Å². The van der Waals surface area contributed by atoms with Crippen molar-refractivity contribution >= 4 is 27.8 Å². The van der Waals surface area contributed by atoms with Crippen molar-refractivity contribution in [3.8, 4) is 11.5 Å². The maximum absolute atomic E-state index is 12.3. The molecule has 5 heteroatoms. The molecule has 2 aromatic rings. The standard InChI is InChI=1S/C17H16BrNO3/c1-3-22-15-9-11(8-13(18)17(15)21-2)7-12-10-19-6-4-5-14(19)16(12)20/h4-9H,3,10H2,1-2H3/b12-7-. The predicted molar refractivity (Wildman–Crippen MR) is 88.6 cm³/mol. The molecule has 1 aliphatic rings. The quantitative estimate of drug-likeness (QED) is 0.774. The molecule has 0 spiro atoms. The van der Waals surface area contributed by atoms with Gasteiger partial charge in [0.05, 0.1) is 30.4 Å². The van der Waals surface area contributed by atoms with Gasteiger partial charge in [0, 0.05) is 11.8 Å². The molecule has 0 N–H and O–H groups in total. The van der Waals surface area contributed by atoms with Crippen LogP contribution >= 0.6 is 15.9 Å². The van der Waals surface area contributed by atoms with E-state index in [1.807, 2.05) is 48.0 Å². The minimum absolute atomic E-state index is 0.0786. The van der Waals surface area contributed by atoms with Gasteiger partial charge < -0.3 is 14.0 Å². The highest BCUT2D eigenvalue weighted by molar-refractivity contribution is 9.10. The average molecular weight is 362 g/mol. The van der Waals surface area contributed by atoms with Crippen molar-refractivity contribution < 1.29 is 14.3 Å². The number of rotatable bonds is 4. The normalized spacial score (nSPS) is 15.2. The number of carbonyl (C=O) groups is 1. The van der Waals surface area contributed by atoms with E-state index >= 15 is 0 Å². The Morgan fingerprint density at radius 2 is 2.23 bits per heavy atom. The molecule has 1 aromatic carbocycles. The van der Waals surface area contributed by atoms with E-state index in [0.717, 1.165) is 21.3 Å². The number of hydrogen-bond donors (Lipinski definition) is 0. The lowest BCUT2D eigenvalue weighted by molar-refractivity contribution is 0.103. The lowest BCUT2D eigenvalue weighted by atomic mass is 10.1. The molecule has 0 saturated heterocycles. The number of ketones is 1.